The predicted molar refractivity (Wildman–Crippen MR) is 136 cm³/mol. The fraction of sp³-hybridized carbons (Fsp3) is 0.667. The lowest BCUT2D eigenvalue weighted by molar-refractivity contribution is -0.205. The zero-order valence-corrected chi connectivity index (χ0v) is 22.7. The maximum Gasteiger partial charge on any atom is 0.417 e. The number of rotatable bonds is 18. The van der Waals surface area contributed by atoms with Crippen molar-refractivity contribution in [3.8, 4) is 0 Å². The van der Waals surface area contributed by atoms with Crippen molar-refractivity contribution in [2.24, 2.45) is 0 Å². The first-order valence-corrected chi connectivity index (χ1v) is 15.6. The molecule has 0 aliphatic carbocycles. The van der Waals surface area contributed by atoms with Gasteiger partial charge in [0, 0.05) is 6.42 Å². The molecule has 4 nitrogen and oxygen atoms in total. The predicted octanol–water partition coefficient (Wildman–Crippen LogP) is 8.43. The highest BCUT2D eigenvalue weighted by atomic mass is 28.4. The van der Waals surface area contributed by atoms with Crippen molar-refractivity contribution in [2.75, 3.05) is 7.11 Å². The molecule has 35 heavy (non-hydrogen) atoms. The monoisotopic (exact) mass is 516 g/mol. The zero-order chi connectivity index (χ0) is 26.2. The number of methoxy groups -OCH3 is 1. The highest BCUT2D eigenvalue weighted by molar-refractivity contribution is 6.64. The molecule has 0 radical (unpaired) electrons. The molecule has 0 aliphatic heterocycles. The molecule has 0 aromatic heterocycles. The number of hydrogen-bond acceptors (Lipinski definition) is 4. The summed E-state index contributed by atoms with van der Waals surface area (Å²) < 4.78 is 58.0. The summed E-state index contributed by atoms with van der Waals surface area (Å²) in [4.78, 5) is 11.2. The van der Waals surface area contributed by atoms with E-state index in [1.807, 2.05) is 12.2 Å². The van der Waals surface area contributed by atoms with Crippen LogP contribution in [0.3, 0.4) is 0 Å². The maximum absolute atomic E-state index is 13.8. The summed E-state index contributed by atoms with van der Waals surface area (Å²) in [7, 11) is -1.73. The molecule has 1 unspecified atom stereocenters. The van der Waals surface area contributed by atoms with Gasteiger partial charge in [0.1, 0.15) is 0 Å². The molecule has 0 saturated heterocycles. The van der Waals surface area contributed by atoms with Gasteiger partial charge < -0.3 is 13.6 Å². The van der Waals surface area contributed by atoms with E-state index < -0.39 is 20.8 Å². The van der Waals surface area contributed by atoms with E-state index in [1.165, 1.54) is 25.7 Å². The first-order chi connectivity index (χ1) is 16.6. The Morgan fingerprint density at radius 1 is 0.971 bits per heavy atom. The minimum Gasteiger partial charge on any atom is -0.469 e. The summed E-state index contributed by atoms with van der Waals surface area (Å²) in [6.07, 6.45) is 7.35. The van der Waals surface area contributed by atoms with Crippen LogP contribution in [0.5, 0.6) is 0 Å². The topological polar surface area (TPSA) is 44.8 Å². The summed E-state index contributed by atoms with van der Waals surface area (Å²) in [5.74, 6) is -0.197. The van der Waals surface area contributed by atoms with Crippen molar-refractivity contribution in [2.45, 2.75) is 109 Å². The first-order valence-electron chi connectivity index (χ1n) is 12.8. The molecule has 0 spiro atoms. The van der Waals surface area contributed by atoms with Gasteiger partial charge in [-0.15, -0.1) is 0 Å². The van der Waals surface area contributed by atoms with Gasteiger partial charge in [-0.05, 0) is 44.3 Å². The largest absolute Gasteiger partial charge is 0.469 e. The molecule has 0 amide bonds. The number of allylic oxidation sites excluding steroid dienone is 1. The standard InChI is InChI=1S/C27H43F3O4Si/c1-5-6-7-9-15-20-24(21-16-10-8-11-17-22-25(31)32-2)33-35(3,4)34-26(27(28,29)30)23-18-13-12-14-19-23/h12-14,16,18-19,21,24,26H,5-11,15,17,20,22H2,1-4H3/b21-16+/t24-,26?/m0/s1. The number of unbranched alkanes of at least 4 members (excludes halogenated alkanes) is 7. The summed E-state index contributed by atoms with van der Waals surface area (Å²) in [5.41, 5.74) is 0.0859. The van der Waals surface area contributed by atoms with Crippen molar-refractivity contribution in [1.29, 1.82) is 0 Å². The van der Waals surface area contributed by atoms with Crippen LogP contribution in [0.2, 0.25) is 13.1 Å². The van der Waals surface area contributed by atoms with Gasteiger partial charge in [-0.2, -0.15) is 13.2 Å². The lowest BCUT2D eigenvalue weighted by Crippen LogP contribution is -2.42. The van der Waals surface area contributed by atoms with Crippen molar-refractivity contribution >= 4 is 14.5 Å². The lowest BCUT2D eigenvalue weighted by atomic mass is 10.1. The Morgan fingerprint density at radius 2 is 1.63 bits per heavy atom. The lowest BCUT2D eigenvalue weighted by Gasteiger charge is -2.33. The maximum atomic E-state index is 13.8. The quantitative estimate of drug-likeness (QED) is 0.0850. The highest BCUT2D eigenvalue weighted by Crippen LogP contribution is 2.38. The van der Waals surface area contributed by atoms with Crippen LogP contribution in [0.15, 0.2) is 42.5 Å². The van der Waals surface area contributed by atoms with Crippen molar-refractivity contribution < 1.29 is 31.6 Å². The van der Waals surface area contributed by atoms with Gasteiger partial charge in [-0.25, -0.2) is 0 Å². The second-order valence-electron chi connectivity index (χ2n) is 9.31. The van der Waals surface area contributed by atoms with Crippen molar-refractivity contribution in [1.82, 2.24) is 0 Å². The summed E-state index contributed by atoms with van der Waals surface area (Å²) in [6, 6.07) is 7.73. The summed E-state index contributed by atoms with van der Waals surface area (Å²) in [6.45, 7) is 5.52. The molecular weight excluding hydrogens is 473 g/mol. The Morgan fingerprint density at radius 3 is 2.26 bits per heavy atom. The summed E-state index contributed by atoms with van der Waals surface area (Å²) in [5, 5.41) is 0. The molecule has 0 aliphatic rings. The fourth-order valence-electron chi connectivity index (χ4n) is 3.83. The highest BCUT2D eigenvalue weighted by Gasteiger charge is 2.46. The number of alkyl halides is 3. The van der Waals surface area contributed by atoms with E-state index in [9.17, 15) is 18.0 Å². The molecule has 8 heteroatoms. The average Bonchev–Trinajstić information content (AvgIpc) is 2.81. The van der Waals surface area contributed by atoms with Crippen LogP contribution in [0.4, 0.5) is 13.2 Å². The molecule has 0 bridgehead atoms. The smallest absolute Gasteiger partial charge is 0.417 e. The van der Waals surface area contributed by atoms with Gasteiger partial charge in [0.25, 0.3) is 0 Å². The van der Waals surface area contributed by atoms with E-state index in [0.717, 1.165) is 57.8 Å². The first kappa shape index (κ1) is 31.4. The number of benzene rings is 1. The normalized spacial score (nSPS) is 14.3. The van der Waals surface area contributed by atoms with Crippen LogP contribution >= 0.6 is 0 Å². The van der Waals surface area contributed by atoms with E-state index >= 15 is 0 Å². The fourth-order valence-corrected chi connectivity index (χ4v) is 5.65. The molecule has 0 fully saturated rings. The zero-order valence-electron chi connectivity index (χ0n) is 21.7. The molecule has 1 rings (SSSR count). The number of esters is 1. The Balaban J connectivity index is 2.74. The second-order valence-corrected chi connectivity index (χ2v) is 12.6. The Labute approximate surface area is 210 Å². The summed E-state index contributed by atoms with van der Waals surface area (Å²) >= 11 is 0. The van der Waals surface area contributed by atoms with Crippen molar-refractivity contribution in [3.63, 3.8) is 0 Å². The van der Waals surface area contributed by atoms with Crippen LogP contribution in [0.1, 0.15) is 89.2 Å². The van der Waals surface area contributed by atoms with E-state index in [1.54, 1.807) is 31.3 Å². The van der Waals surface area contributed by atoms with Crippen LogP contribution < -0.4 is 0 Å². The van der Waals surface area contributed by atoms with Gasteiger partial charge in [-0.1, -0.05) is 87.9 Å². The van der Waals surface area contributed by atoms with Gasteiger partial charge in [0.15, 0.2) is 6.10 Å². The van der Waals surface area contributed by atoms with Crippen molar-refractivity contribution in [3.05, 3.63) is 48.0 Å². The van der Waals surface area contributed by atoms with Crippen LogP contribution in [0, 0.1) is 0 Å². The Bertz CT molecular complexity index is 723. The SMILES string of the molecule is CCCCCCC[C@@H](/C=C/CCCCCC(=O)OC)O[Si](C)(C)OC(c1ccccc1)C(F)(F)F. The third kappa shape index (κ3) is 14.5. The van der Waals surface area contributed by atoms with Crippen LogP contribution in [0.25, 0.3) is 0 Å². The van der Waals surface area contributed by atoms with E-state index in [4.69, 9.17) is 8.85 Å². The number of hydrogen-bond donors (Lipinski definition) is 0. The Hall–Kier alpha value is -1.64. The van der Waals surface area contributed by atoms with E-state index in [0.29, 0.717) is 6.42 Å². The molecule has 200 valence electrons. The average molecular weight is 517 g/mol. The molecule has 0 saturated carbocycles. The number of carbonyl (C=O) groups is 1. The van der Waals surface area contributed by atoms with E-state index in [-0.39, 0.29) is 17.6 Å². The molecule has 0 N–H and O–H groups in total. The van der Waals surface area contributed by atoms with Gasteiger partial charge in [0.2, 0.25) is 0 Å². The van der Waals surface area contributed by atoms with Gasteiger partial charge >= 0.3 is 20.7 Å². The second kappa shape index (κ2) is 16.9. The third-order valence-electron chi connectivity index (χ3n) is 5.66. The molecule has 1 aromatic carbocycles. The minimum absolute atomic E-state index is 0.0859. The third-order valence-corrected chi connectivity index (χ3v) is 7.33. The molecule has 1 aromatic rings. The van der Waals surface area contributed by atoms with E-state index in [2.05, 4.69) is 11.7 Å². The number of halogens is 3. The molecule has 2 atom stereocenters. The number of ether oxygens (including phenoxy) is 1. The van der Waals surface area contributed by atoms with Gasteiger partial charge in [0.05, 0.1) is 13.2 Å². The minimum atomic E-state index is -4.52. The van der Waals surface area contributed by atoms with Crippen LogP contribution in [-0.4, -0.2) is 33.9 Å². The Kier molecular flexibility index (Phi) is 15.2. The number of carbonyl (C=O) groups excluding carboxylic acids is 1. The molecule has 0 heterocycles. The molecular formula is C27H43F3O4Si. The van der Waals surface area contributed by atoms with Gasteiger partial charge in [-0.3, -0.25) is 4.79 Å². The van der Waals surface area contributed by atoms with Crippen LogP contribution in [-0.2, 0) is 18.4 Å².